The third kappa shape index (κ3) is 4.29. The van der Waals surface area contributed by atoms with E-state index in [1.165, 1.54) is 30.4 Å². The molecule has 1 saturated carbocycles. The van der Waals surface area contributed by atoms with Crippen LogP contribution in [0.2, 0.25) is 0 Å². The van der Waals surface area contributed by atoms with E-state index in [1.807, 2.05) is 6.07 Å². The van der Waals surface area contributed by atoms with Crippen molar-refractivity contribution in [2.24, 2.45) is 0 Å². The molecule has 1 N–H and O–H groups in total. The van der Waals surface area contributed by atoms with Crippen molar-refractivity contribution in [1.29, 1.82) is 0 Å². The highest BCUT2D eigenvalue weighted by Gasteiger charge is 2.34. The molecule has 3 rings (SSSR count). The summed E-state index contributed by atoms with van der Waals surface area (Å²) in [7, 11) is 1.71. The van der Waals surface area contributed by atoms with Crippen molar-refractivity contribution in [2.45, 2.75) is 63.7 Å². The number of aliphatic hydroxyl groups is 1. The van der Waals surface area contributed by atoms with Crippen molar-refractivity contribution >= 4 is 0 Å². The van der Waals surface area contributed by atoms with Gasteiger partial charge in [0.05, 0.1) is 25.9 Å². The van der Waals surface area contributed by atoms with Crippen LogP contribution in [0.15, 0.2) is 18.2 Å². The summed E-state index contributed by atoms with van der Waals surface area (Å²) in [6.45, 7) is 4.69. The Balaban J connectivity index is 1.51. The Morgan fingerprint density at radius 3 is 2.75 bits per heavy atom. The van der Waals surface area contributed by atoms with E-state index in [1.54, 1.807) is 7.11 Å². The average Bonchev–Trinajstić information content (AvgIpc) is 3.02. The van der Waals surface area contributed by atoms with E-state index >= 15 is 0 Å². The fraction of sp³-hybridized carbons (Fsp3) is 0.700. The Bertz CT molecular complexity index is 534. The zero-order valence-electron chi connectivity index (χ0n) is 15.0. The Morgan fingerprint density at radius 1 is 1.21 bits per heavy atom. The minimum absolute atomic E-state index is 0.144. The highest BCUT2D eigenvalue weighted by molar-refractivity contribution is 5.36. The van der Waals surface area contributed by atoms with Gasteiger partial charge in [-0.25, -0.2) is 0 Å². The average molecular weight is 333 g/mol. The highest BCUT2D eigenvalue weighted by Crippen LogP contribution is 2.28. The van der Waals surface area contributed by atoms with Crippen molar-refractivity contribution in [1.82, 2.24) is 4.90 Å². The maximum Gasteiger partial charge on any atom is 0.121 e. The minimum atomic E-state index is -0.144. The first-order valence-electron chi connectivity index (χ1n) is 9.34. The molecule has 1 aliphatic carbocycles. The monoisotopic (exact) mass is 333 g/mol. The van der Waals surface area contributed by atoms with Crippen LogP contribution in [0.25, 0.3) is 0 Å². The third-order valence-electron chi connectivity index (χ3n) is 5.51. The predicted molar refractivity (Wildman–Crippen MR) is 95.6 cm³/mol. The lowest BCUT2D eigenvalue weighted by atomic mass is 9.91. The van der Waals surface area contributed by atoms with Crippen LogP contribution < -0.4 is 4.74 Å². The second kappa shape index (κ2) is 8.32. The predicted octanol–water partition coefficient (Wildman–Crippen LogP) is 2.94. The van der Waals surface area contributed by atoms with Gasteiger partial charge in [0.1, 0.15) is 5.75 Å². The zero-order chi connectivity index (χ0) is 16.9. The van der Waals surface area contributed by atoms with E-state index in [-0.39, 0.29) is 6.10 Å². The normalized spacial score (nSPS) is 28.2. The van der Waals surface area contributed by atoms with E-state index in [9.17, 15) is 5.11 Å². The SMILES string of the molecule is COc1ccc(CCO[C@H]2CCCC[C@@H]2N2CC[C@H](O)C2)cc1C. The molecule has 2 fully saturated rings. The van der Waals surface area contributed by atoms with Crippen molar-refractivity contribution in [3.63, 3.8) is 0 Å². The van der Waals surface area contributed by atoms with Crippen molar-refractivity contribution in [3.8, 4) is 5.75 Å². The molecule has 0 radical (unpaired) electrons. The number of nitrogens with zero attached hydrogens (tertiary/aromatic N) is 1. The van der Waals surface area contributed by atoms with Gasteiger partial charge in [-0.3, -0.25) is 4.90 Å². The molecule has 4 nitrogen and oxygen atoms in total. The molecule has 1 heterocycles. The molecule has 0 bridgehead atoms. The quantitative estimate of drug-likeness (QED) is 0.869. The van der Waals surface area contributed by atoms with Crippen molar-refractivity contribution in [3.05, 3.63) is 29.3 Å². The molecule has 4 heteroatoms. The molecule has 3 atom stereocenters. The van der Waals surface area contributed by atoms with Crippen LogP contribution in [0.3, 0.4) is 0 Å². The number of rotatable bonds is 6. The van der Waals surface area contributed by atoms with E-state index in [0.717, 1.165) is 44.7 Å². The Morgan fingerprint density at radius 2 is 2.04 bits per heavy atom. The summed E-state index contributed by atoms with van der Waals surface area (Å²) < 4.78 is 11.6. The van der Waals surface area contributed by atoms with Crippen LogP contribution in [0.5, 0.6) is 5.75 Å². The number of β-amino-alcohol motifs (C(OH)–C–C–N with tert-alkyl or cyclic N) is 1. The number of likely N-dealkylation sites (tertiary alicyclic amines) is 1. The summed E-state index contributed by atoms with van der Waals surface area (Å²) >= 11 is 0. The Hall–Kier alpha value is -1.10. The van der Waals surface area contributed by atoms with E-state index < -0.39 is 0 Å². The van der Waals surface area contributed by atoms with Crippen molar-refractivity contribution in [2.75, 3.05) is 26.8 Å². The second-order valence-corrected chi connectivity index (χ2v) is 7.25. The van der Waals surface area contributed by atoms with Gasteiger partial charge in [0, 0.05) is 19.1 Å². The first kappa shape index (κ1) is 17.7. The molecule has 1 saturated heterocycles. The van der Waals surface area contributed by atoms with Gasteiger partial charge in [0.25, 0.3) is 0 Å². The summed E-state index contributed by atoms with van der Waals surface area (Å²) in [4.78, 5) is 2.45. The van der Waals surface area contributed by atoms with Gasteiger partial charge in [-0.2, -0.15) is 0 Å². The number of hydrogen-bond acceptors (Lipinski definition) is 4. The minimum Gasteiger partial charge on any atom is -0.496 e. The number of aliphatic hydroxyl groups excluding tert-OH is 1. The number of aryl methyl sites for hydroxylation is 1. The number of ether oxygens (including phenoxy) is 2. The van der Waals surface area contributed by atoms with Gasteiger partial charge in [0.2, 0.25) is 0 Å². The molecule has 2 aliphatic rings. The summed E-state index contributed by atoms with van der Waals surface area (Å²) in [5, 5.41) is 9.82. The molecule has 1 aromatic rings. The van der Waals surface area contributed by atoms with Gasteiger partial charge in [0.15, 0.2) is 0 Å². The maximum atomic E-state index is 9.82. The fourth-order valence-electron chi connectivity index (χ4n) is 4.18. The second-order valence-electron chi connectivity index (χ2n) is 7.25. The molecular formula is C20H31NO3. The molecule has 0 aromatic heterocycles. The summed E-state index contributed by atoms with van der Waals surface area (Å²) in [6, 6.07) is 6.86. The Labute approximate surface area is 145 Å². The lowest BCUT2D eigenvalue weighted by Crippen LogP contribution is -2.46. The summed E-state index contributed by atoms with van der Waals surface area (Å²) in [5.74, 6) is 0.944. The molecular weight excluding hydrogens is 302 g/mol. The number of methoxy groups -OCH3 is 1. The molecule has 24 heavy (non-hydrogen) atoms. The molecule has 0 amide bonds. The van der Waals surface area contributed by atoms with Crippen LogP contribution in [-0.4, -0.2) is 55.1 Å². The fourth-order valence-corrected chi connectivity index (χ4v) is 4.18. The number of benzene rings is 1. The highest BCUT2D eigenvalue weighted by atomic mass is 16.5. The maximum absolute atomic E-state index is 9.82. The van der Waals surface area contributed by atoms with Gasteiger partial charge in [-0.1, -0.05) is 25.0 Å². The van der Waals surface area contributed by atoms with Gasteiger partial charge in [-0.15, -0.1) is 0 Å². The smallest absolute Gasteiger partial charge is 0.121 e. The van der Waals surface area contributed by atoms with Crippen LogP contribution in [0, 0.1) is 6.92 Å². The van der Waals surface area contributed by atoms with Gasteiger partial charge < -0.3 is 14.6 Å². The van der Waals surface area contributed by atoms with Crippen LogP contribution >= 0.6 is 0 Å². The Kier molecular flexibility index (Phi) is 6.14. The van der Waals surface area contributed by atoms with E-state index in [2.05, 4.69) is 24.0 Å². The number of hydrogen-bond donors (Lipinski definition) is 1. The molecule has 0 unspecified atom stereocenters. The van der Waals surface area contributed by atoms with E-state index in [4.69, 9.17) is 9.47 Å². The first-order chi connectivity index (χ1) is 11.7. The lowest BCUT2D eigenvalue weighted by molar-refractivity contribution is -0.0316. The summed E-state index contributed by atoms with van der Waals surface area (Å²) in [5.41, 5.74) is 2.48. The standard InChI is InChI=1S/C20H31NO3/c1-15-13-16(7-8-19(15)23-2)10-12-24-20-6-4-3-5-18(20)21-11-9-17(22)14-21/h7-8,13,17-18,20,22H,3-6,9-12,14H2,1-2H3/t17-,18-,20-/m0/s1. The largest absolute Gasteiger partial charge is 0.496 e. The zero-order valence-corrected chi connectivity index (χ0v) is 15.0. The first-order valence-corrected chi connectivity index (χ1v) is 9.34. The molecule has 0 spiro atoms. The van der Waals surface area contributed by atoms with Crippen molar-refractivity contribution < 1.29 is 14.6 Å². The third-order valence-corrected chi connectivity index (χ3v) is 5.51. The van der Waals surface area contributed by atoms with Gasteiger partial charge in [-0.05, 0) is 49.8 Å². The molecule has 1 aliphatic heterocycles. The summed E-state index contributed by atoms with van der Waals surface area (Å²) in [6.07, 6.45) is 6.94. The lowest BCUT2D eigenvalue weighted by Gasteiger charge is -2.37. The van der Waals surface area contributed by atoms with Crippen LogP contribution in [0.4, 0.5) is 0 Å². The topological polar surface area (TPSA) is 41.9 Å². The molecule has 1 aromatic carbocycles. The van der Waals surface area contributed by atoms with Crippen LogP contribution in [-0.2, 0) is 11.2 Å². The van der Waals surface area contributed by atoms with Crippen LogP contribution in [0.1, 0.15) is 43.2 Å². The van der Waals surface area contributed by atoms with E-state index in [0.29, 0.717) is 12.1 Å². The van der Waals surface area contributed by atoms with Gasteiger partial charge >= 0.3 is 0 Å². The molecule has 134 valence electrons.